The van der Waals surface area contributed by atoms with E-state index in [-0.39, 0.29) is 5.56 Å². The Balaban J connectivity index is 1.82. The van der Waals surface area contributed by atoms with Crippen LogP contribution in [0, 0.1) is 0 Å². The smallest absolute Gasteiger partial charge is 0.228 e. The number of nitrogens with zero attached hydrogens (tertiary/aromatic N) is 2. The predicted octanol–water partition coefficient (Wildman–Crippen LogP) is 3.92. The number of benzene rings is 3. The van der Waals surface area contributed by atoms with Gasteiger partial charge in [-0.25, -0.2) is 9.97 Å². The monoisotopic (exact) mass is 366 g/mol. The van der Waals surface area contributed by atoms with Gasteiger partial charge in [0.2, 0.25) is 5.95 Å². The van der Waals surface area contributed by atoms with Crippen molar-refractivity contribution in [1.82, 2.24) is 9.97 Å². The molecule has 0 saturated carbocycles. The first-order valence-corrected chi connectivity index (χ1v) is 8.78. The van der Waals surface area contributed by atoms with Crippen LogP contribution in [0.4, 0.5) is 11.6 Å². The van der Waals surface area contributed by atoms with Crippen LogP contribution in [0.5, 0.6) is 0 Å². The van der Waals surface area contributed by atoms with Gasteiger partial charge in [0, 0.05) is 22.4 Å². The number of carbonyl (C=O) groups excluding carboxylic acids is 1. The van der Waals surface area contributed by atoms with Gasteiger partial charge in [-0.1, -0.05) is 78.9 Å². The maximum Gasteiger partial charge on any atom is 0.228 e. The number of para-hydroxylation sites is 1. The summed E-state index contributed by atoms with van der Waals surface area (Å²) in [5.41, 5.74) is 3.80. The van der Waals surface area contributed by atoms with Crippen LogP contribution in [0.1, 0.15) is 10.4 Å². The molecule has 1 N–H and O–H groups in total. The summed E-state index contributed by atoms with van der Waals surface area (Å²) >= 11 is 0. The summed E-state index contributed by atoms with van der Waals surface area (Å²) in [6.45, 7) is 0. The molecule has 5 heteroatoms. The fourth-order valence-electron chi connectivity index (χ4n) is 2.91. The molecule has 28 heavy (non-hydrogen) atoms. The minimum atomic E-state index is -1.26. The molecule has 0 radical (unpaired) electrons. The molecule has 4 rings (SSSR count). The van der Waals surface area contributed by atoms with E-state index in [2.05, 4.69) is 15.3 Å². The van der Waals surface area contributed by atoms with Crippen molar-refractivity contribution in [2.75, 3.05) is 5.32 Å². The number of rotatable bonds is 5. The molecule has 0 spiro atoms. The molecule has 0 aliphatic rings. The van der Waals surface area contributed by atoms with Crippen molar-refractivity contribution in [3.05, 3.63) is 96.6 Å². The maximum atomic E-state index is 11.4. The average Bonchev–Trinajstić information content (AvgIpc) is 2.75. The first kappa shape index (κ1) is 17.4. The van der Waals surface area contributed by atoms with Gasteiger partial charge in [0.1, 0.15) is 0 Å². The van der Waals surface area contributed by atoms with E-state index in [1.165, 1.54) is 6.07 Å². The van der Waals surface area contributed by atoms with Gasteiger partial charge in [0.05, 0.1) is 17.4 Å². The molecule has 0 atom stereocenters. The highest BCUT2D eigenvalue weighted by atomic mass is 16.4. The quantitative estimate of drug-likeness (QED) is 0.579. The lowest BCUT2D eigenvalue weighted by Crippen LogP contribution is -2.23. The summed E-state index contributed by atoms with van der Waals surface area (Å²) in [7, 11) is 0. The molecule has 0 unspecified atom stereocenters. The number of nitrogens with one attached hydrogen (secondary N) is 1. The molecule has 0 aliphatic heterocycles. The molecular formula is C23H16N3O2-. The lowest BCUT2D eigenvalue weighted by Gasteiger charge is -2.13. The molecule has 1 heterocycles. The second kappa shape index (κ2) is 7.72. The third kappa shape index (κ3) is 3.73. The van der Waals surface area contributed by atoms with Crippen LogP contribution in [0.2, 0.25) is 0 Å². The molecule has 0 fully saturated rings. The van der Waals surface area contributed by atoms with Crippen molar-refractivity contribution in [2.24, 2.45) is 0 Å². The second-order valence-electron chi connectivity index (χ2n) is 6.15. The molecule has 3 aromatic carbocycles. The number of carbonyl (C=O) groups is 1. The number of aromatic nitrogens is 2. The van der Waals surface area contributed by atoms with Gasteiger partial charge >= 0.3 is 0 Å². The standard InChI is InChI=1S/C23H17N3O2/c27-22(28)18-13-7-8-14-19(18)24-23-25-20(16-9-3-1-4-10-16)15-21(26-23)17-11-5-2-6-12-17/h1-15H,(H,27,28)(H,24,25,26)/p-1. The van der Waals surface area contributed by atoms with E-state index in [1.807, 2.05) is 66.7 Å². The van der Waals surface area contributed by atoms with Crippen molar-refractivity contribution in [2.45, 2.75) is 0 Å². The topological polar surface area (TPSA) is 77.9 Å². The molecule has 0 aliphatic carbocycles. The van der Waals surface area contributed by atoms with E-state index in [9.17, 15) is 9.90 Å². The summed E-state index contributed by atoms with van der Waals surface area (Å²) in [5, 5.41) is 14.4. The van der Waals surface area contributed by atoms with Crippen molar-refractivity contribution in [3.8, 4) is 22.5 Å². The summed E-state index contributed by atoms with van der Waals surface area (Å²) in [4.78, 5) is 20.6. The van der Waals surface area contributed by atoms with E-state index in [4.69, 9.17) is 0 Å². The van der Waals surface area contributed by atoms with E-state index in [1.54, 1.807) is 18.2 Å². The van der Waals surface area contributed by atoms with E-state index < -0.39 is 5.97 Å². The molecular weight excluding hydrogens is 350 g/mol. The van der Waals surface area contributed by atoms with Crippen LogP contribution in [0.25, 0.3) is 22.5 Å². The molecule has 0 amide bonds. The van der Waals surface area contributed by atoms with Crippen LogP contribution in [-0.4, -0.2) is 15.9 Å². The third-order valence-electron chi connectivity index (χ3n) is 4.26. The molecule has 0 saturated heterocycles. The van der Waals surface area contributed by atoms with Gasteiger partial charge in [-0.05, 0) is 12.1 Å². The van der Waals surface area contributed by atoms with Gasteiger partial charge < -0.3 is 15.2 Å². The van der Waals surface area contributed by atoms with Gasteiger partial charge in [-0.3, -0.25) is 0 Å². The summed E-state index contributed by atoms with van der Waals surface area (Å²) in [6, 6.07) is 28.0. The number of hydrogen-bond acceptors (Lipinski definition) is 5. The molecule has 4 aromatic rings. The zero-order valence-electron chi connectivity index (χ0n) is 14.9. The molecule has 136 valence electrons. The Bertz CT molecular complexity index is 1060. The van der Waals surface area contributed by atoms with Crippen LogP contribution in [-0.2, 0) is 0 Å². The summed E-state index contributed by atoms with van der Waals surface area (Å²) in [5.74, 6) is -0.945. The predicted molar refractivity (Wildman–Crippen MR) is 107 cm³/mol. The number of aromatic carboxylic acids is 1. The summed E-state index contributed by atoms with van der Waals surface area (Å²) < 4.78 is 0. The van der Waals surface area contributed by atoms with Crippen LogP contribution < -0.4 is 10.4 Å². The second-order valence-corrected chi connectivity index (χ2v) is 6.15. The first-order valence-electron chi connectivity index (χ1n) is 8.78. The highest BCUT2D eigenvalue weighted by Gasteiger charge is 2.10. The largest absolute Gasteiger partial charge is 0.545 e. The normalized spacial score (nSPS) is 10.4. The van der Waals surface area contributed by atoms with Gasteiger partial charge in [-0.2, -0.15) is 0 Å². The minimum absolute atomic E-state index is 0.0532. The SMILES string of the molecule is O=C([O-])c1ccccc1Nc1nc(-c2ccccc2)cc(-c2ccccc2)n1. The van der Waals surface area contributed by atoms with Crippen molar-refractivity contribution < 1.29 is 9.90 Å². The lowest BCUT2D eigenvalue weighted by molar-refractivity contribution is -0.254. The van der Waals surface area contributed by atoms with Gasteiger partial charge in [0.15, 0.2) is 0 Å². The van der Waals surface area contributed by atoms with Crippen LogP contribution in [0.3, 0.4) is 0 Å². The Labute approximate surface area is 162 Å². The highest BCUT2D eigenvalue weighted by molar-refractivity contribution is 5.93. The summed E-state index contributed by atoms with van der Waals surface area (Å²) in [6.07, 6.45) is 0. The van der Waals surface area contributed by atoms with Gasteiger partial charge in [0.25, 0.3) is 0 Å². The number of carboxylic acid groups (broad SMARTS) is 1. The zero-order valence-corrected chi connectivity index (χ0v) is 14.9. The van der Waals surface area contributed by atoms with Crippen LogP contribution >= 0.6 is 0 Å². The Morgan fingerprint density at radius 3 is 1.75 bits per heavy atom. The lowest BCUT2D eigenvalue weighted by atomic mass is 10.1. The fourth-order valence-corrected chi connectivity index (χ4v) is 2.91. The van der Waals surface area contributed by atoms with Gasteiger partial charge in [-0.15, -0.1) is 0 Å². The van der Waals surface area contributed by atoms with Crippen LogP contribution in [0.15, 0.2) is 91.0 Å². The van der Waals surface area contributed by atoms with E-state index in [0.29, 0.717) is 11.6 Å². The number of hydrogen-bond donors (Lipinski definition) is 1. The highest BCUT2D eigenvalue weighted by Crippen LogP contribution is 2.27. The maximum absolute atomic E-state index is 11.4. The van der Waals surface area contributed by atoms with E-state index >= 15 is 0 Å². The fraction of sp³-hybridized carbons (Fsp3) is 0. The number of carboxylic acids is 1. The Morgan fingerprint density at radius 2 is 1.21 bits per heavy atom. The molecule has 0 bridgehead atoms. The molecule has 5 nitrogen and oxygen atoms in total. The third-order valence-corrected chi connectivity index (χ3v) is 4.26. The number of anilines is 2. The van der Waals surface area contributed by atoms with Crippen molar-refractivity contribution in [1.29, 1.82) is 0 Å². The first-order chi connectivity index (χ1) is 13.7. The van der Waals surface area contributed by atoms with Crippen molar-refractivity contribution >= 4 is 17.6 Å². The Hall–Kier alpha value is -3.99. The Kier molecular flexibility index (Phi) is 4.80. The van der Waals surface area contributed by atoms with Crippen molar-refractivity contribution in [3.63, 3.8) is 0 Å². The zero-order chi connectivity index (χ0) is 19.3. The minimum Gasteiger partial charge on any atom is -0.545 e. The Morgan fingerprint density at radius 1 is 0.714 bits per heavy atom. The molecule has 1 aromatic heterocycles. The average molecular weight is 366 g/mol. The van der Waals surface area contributed by atoms with E-state index in [0.717, 1.165) is 22.5 Å².